The fraction of sp³-hybridized carbons (Fsp3) is 0.643. The van der Waals surface area contributed by atoms with Crippen LogP contribution in [0.4, 0.5) is 0 Å². The van der Waals surface area contributed by atoms with E-state index in [0.717, 1.165) is 6.42 Å². The summed E-state index contributed by atoms with van der Waals surface area (Å²) in [5.74, 6) is 0.548. The minimum atomic E-state index is -2.97. The molecular formula is C14H22N2O3S. The molecule has 6 heteroatoms. The zero-order valence-corrected chi connectivity index (χ0v) is 12.8. The Bertz CT molecular complexity index is 549. The number of hydrogen-bond acceptors (Lipinski definition) is 3. The number of aromatic nitrogens is 1. The SMILES string of the molecule is CC(C)C[C@H](C(=O)N[C@H]1CCS(=O)(=O)C1)n1cccc1. The Morgan fingerprint density at radius 2 is 2.00 bits per heavy atom. The van der Waals surface area contributed by atoms with E-state index in [0.29, 0.717) is 12.3 Å². The molecule has 1 aliphatic rings. The summed E-state index contributed by atoms with van der Waals surface area (Å²) >= 11 is 0. The standard InChI is InChI=1S/C14H22N2O3S/c1-11(2)9-13(16-6-3-4-7-16)14(17)15-12-5-8-20(18,19)10-12/h3-4,6-7,11-13H,5,8-10H2,1-2H3,(H,15,17)/t12-,13+/m0/s1. The number of hydrogen-bond donors (Lipinski definition) is 1. The Balaban J connectivity index is 2.04. The van der Waals surface area contributed by atoms with Gasteiger partial charge in [0.15, 0.2) is 9.84 Å². The lowest BCUT2D eigenvalue weighted by molar-refractivity contribution is -0.125. The molecular weight excluding hydrogens is 276 g/mol. The molecule has 1 aromatic heterocycles. The van der Waals surface area contributed by atoms with Gasteiger partial charge in [0.05, 0.1) is 11.5 Å². The van der Waals surface area contributed by atoms with Gasteiger partial charge in [-0.15, -0.1) is 0 Å². The second-order valence-corrected chi connectivity index (χ2v) is 8.11. The van der Waals surface area contributed by atoms with Crippen LogP contribution in [0.15, 0.2) is 24.5 Å². The highest BCUT2D eigenvalue weighted by atomic mass is 32.2. The summed E-state index contributed by atoms with van der Waals surface area (Å²) < 4.78 is 24.8. The van der Waals surface area contributed by atoms with E-state index in [1.807, 2.05) is 29.1 Å². The summed E-state index contributed by atoms with van der Waals surface area (Å²) in [6.07, 6.45) is 5.00. The molecule has 0 radical (unpaired) electrons. The molecule has 0 saturated carbocycles. The van der Waals surface area contributed by atoms with Gasteiger partial charge in [0.25, 0.3) is 0 Å². The molecule has 0 bridgehead atoms. The van der Waals surface area contributed by atoms with Crippen LogP contribution in [0.1, 0.15) is 32.7 Å². The van der Waals surface area contributed by atoms with Gasteiger partial charge in [-0.2, -0.15) is 0 Å². The molecule has 1 N–H and O–H groups in total. The van der Waals surface area contributed by atoms with Crippen molar-refractivity contribution in [3.05, 3.63) is 24.5 Å². The number of nitrogens with zero attached hydrogens (tertiary/aromatic N) is 1. The van der Waals surface area contributed by atoms with E-state index in [1.165, 1.54) is 0 Å². The van der Waals surface area contributed by atoms with Crippen molar-refractivity contribution in [3.63, 3.8) is 0 Å². The number of sulfone groups is 1. The average Bonchev–Trinajstić information content (AvgIpc) is 2.95. The Kier molecular flexibility index (Phi) is 4.52. The second-order valence-electron chi connectivity index (χ2n) is 5.88. The molecule has 1 aliphatic heterocycles. The van der Waals surface area contributed by atoms with Crippen LogP contribution >= 0.6 is 0 Å². The third kappa shape index (κ3) is 3.85. The average molecular weight is 298 g/mol. The zero-order chi connectivity index (χ0) is 14.8. The van der Waals surface area contributed by atoms with Crippen LogP contribution in [0.2, 0.25) is 0 Å². The maximum Gasteiger partial charge on any atom is 0.243 e. The van der Waals surface area contributed by atoms with Crippen molar-refractivity contribution in [2.75, 3.05) is 11.5 Å². The van der Waals surface area contributed by atoms with Crippen molar-refractivity contribution in [1.29, 1.82) is 0 Å². The van der Waals surface area contributed by atoms with Gasteiger partial charge in [0.1, 0.15) is 6.04 Å². The van der Waals surface area contributed by atoms with Crippen LogP contribution in [0.5, 0.6) is 0 Å². The van der Waals surface area contributed by atoms with E-state index >= 15 is 0 Å². The van der Waals surface area contributed by atoms with Crippen molar-refractivity contribution < 1.29 is 13.2 Å². The van der Waals surface area contributed by atoms with Crippen LogP contribution in [0.25, 0.3) is 0 Å². The molecule has 0 unspecified atom stereocenters. The molecule has 1 amide bonds. The van der Waals surface area contributed by atoms with E-state index in [2.05, 4.69) is 19.2 Å². The monoisotopic (exact) mass is 298 g/mol. The number of carbonyl (C=O) groups excluding carboxylic acids is 1. The minimum absolute atomic E-state index is 0.0683. The number of rotatable bonds is 5. The largest absolute Gasteiger partial charge is 0.351 e. The molecule has 1 aromatic rings. The first-order valence-corrected chi connectivity index (χ1v) is 8.83. The molecule has 20 heavy (non-hydrogen) atoms. The highest BCUT2D eigenvalue weighted by Crippen LogP contribution is 2.19. The maximum atomic E-state index is 12.4. The first kappa shape index (κ1) is 15.1. The Morgan fingerprint density at radius 1 is 1.35 bits per heavy atom. The predicted octanol–water partition coefficient (Wildman–Crippen LogP) is 1.38. The Morgan fingerprint density at radius 3 is 2.50 bits per heavy atom. The zero-order valence-electron chi connectivity index (χ0n) is 12.0. The lowest BCUT2D eigenvalue weighted by Crippen LogP contribution is -2.40. The van der Waals surface area contributed by atoms with Gasteiger partial charge in [0, 0.05) is 18.4 Å². The summed E-state index contributed by atoms with van der Waals surface area (Å²) in [5, 5.41) is 2.89. The van der Waals surface area contributed by atoms with Crippen LogP contribution in [0, 0.1) is 5.92 Å². The first-order chi connectivity index (χ1) is 9.37. The third-order valence-electron chi connectivity index (χ3n) is 3.56. The molecule has 0 aromatic carbocycles. The fourth-order valence-corrected chi connectivity index (χ4v) is 4.25. The highest BCUT2D eigenvalue weighted by molar-refractivity contribution is 7.91. The molecule has 0 spiro atoms. The molecule has 2 atom stereocenters. The molecule has 112 valence electrons. The van der Waals surface area contributed by atoms with Crippen molar-refractivity contribution in [3.8, 4) is 0 Å². The first-order valence-electron chi connectivity index (χ1n) is 7.00. The maximum absolute atomic E-state index is 12.4. The van der Waals surface area contributed by atoms with Crippen LogP contribution in [-0.4, -0.2) is 36.4 Å². The Hall–Kier alpha value is -1.30. The molecule has 1 fully saturated rings. The molecule has 1 saturated heterocycles. The summed E-state index contributed by atoms with van der Waals surface area (Å²) in [6.45, 7) is 4.15. The summed E-state index contributed by atoms with van der Waals surface area (Å²) in [6, 6.07) is 3.27. The third-order valence-corrected chi connectivity index (χ3v) is 5.33. The predicted molar refractivity (Wildman–Crippen MR) is 78.1 cm³/mol. The highest BCUT2D eigenvalue weighted by Gasteiger charge is 2.31. The second kappa shape index (κ2) is 5.99. The fourth-order valence-electron chi connectivity index (χ4n) is 2.57. The summed E-state index contributed by atoms with van der Waals surface area (Å²) in [7, 11) is -2.97. The summed E-state index contributed by atoms with van der Waals surface area (Å²) in [5.41, 5.74) is 0. The smallest absolute Gasteiger partial charge is 0.243 e. The number of amides is 1. The topological polar surface area (TPSA) is 68.2 Å². The van der Waals surface area contributed by atoms with Gasteiger partial charge < -0.3 is 9.88 Å². The van der Waals surface area contributed by atoms with Crippen molar-refractivity contribution >= 4 is 15.7 Å². The van der Waals surface area contributed by atoms with E-state index in [9.17, 15) is 13.2 Å². The Labute approximate surface area is 120 Å². The van der Waals surface area contributed by atoms with E-state index < -0.39 is 9.84 Å². The van der Waals surface area contributed by atoms with Crippen molar-refractivity contribution in [2.45, 2.75) is 38.8 Å². The van der Waals surface area contributed by atoms with E-state index in [1.54, 1.807) is 0 Å². The number of carbonyl (C=O) groups is 1. The van der Waals surface area contributed by atoms with Gasteiger partial charge in [-0.05, 0) is 30.9 Å². The van der Waals surface area contributed by atoms with Crippen LogP contribution < -0.4 is 5.32 Å². The number of nitrogens with one attached hydrogen (secondary N) is 1. The van der Waals surface area contributed by atoms with Gasteiger partial charge >= 0.3 is 0 Å². The van der Waals surface area contributed by atoms with Crippen molar-refractivity contribution in [1.82, 2.24) is 9.88 Å². The van der Waals surface area contributed by atoms with Gasteiger partial charge in [-0.1, -0.05) is 13.8 Å². The summed E-state index contributed by atoms with van der Waals surface area (Å²) in [4.78, 5) is 12.4. The quantitative estimate of drug-likeness (QED) is 0.893. The van der Waals surface area contributed by atoms with Gasteiger partial charge in [0.2, 0.25) is 5.91 Å². The van der Waals surface area contributed by atoms with Gasteiger partial charge in [-0.25, -0.2) is 8.42 Å². The lowest BCUT2D eigenvalue weighted by atomic mass is 10.0. The van der Waals surface area contributed by atoms with E-state index in [-0.39, 0.29) is 29.5 Å². The minimum Gasteiger partial charge on any atom is -0.351 e. The molecule has 2 heterocycles. The van der Waals surface area contributed by atoms with Gasteiger partial charge in [-0.3, -0.25) is 4.79 Å². The normalized spacial score (nSPS) is 22.9. The van der Waals surface area contributed by atoms with Crippen molar-refractivity contribution in [2.24, 2.45) is 5.92 Å². The molecule has 5 nitrogen and oxygen atoms in total. The molecule has 0 aliphatic carbocycles. The van der Waals surface area contributed by atoms with E-state index in [4.69, 9.17) is 0 Å². The molecule has 2 rings (SSSR count). The van der Waals surface area contributed by atoms with Crippen LogP contribution in [-0.2, 0) is 14.6 Å². The lowest BCUT2D eigenvalue weighted by Gasteiger charge is -2.22. The van der Waals surface area contributed by atoms with Crippen LogP contribution in [0.3, 0.4) is 0 Å².